The zero-order chi connectivity index (χ0) is 21.3. The van der Waals surface area contributed by atoms with Crippen LogP contribution >= 0.6 is 0 Å². The van der Waals surface area contributed by atoms with Crippen molar-refractivity contribution in [1.29, 1.82) is 0 Å². The maximum atomic E-state index is 11.9. The first-order chi connectivity index (χ1) is 14.5. The molecule has 5 nitrogen and oxygen atoms in total. The molecule has 0 aliphatic heterocycles. The number of aryl methyl sites for hydroxylation is 1. The van der Waals surface area contributed by atoms with Crippen LogP contribution in [-0.2, 0) is 11.8 Å². The minimum atomic E-state index is -0.0737. The molecular weight excluding hydrogens is 374 g/mol. The fourth-order valence-electron chi connectivity index (χ4n) is 3.49. The normalized spacial score (nSPS) is 10.9. The maximum absolute atomic E-state index is 11.9. The molecule has 152 valence electrons. The van der Waals surface area contributed by atoms with Crippen LogP contribution in [0, 0.1) is 6.92 Å². The smallest absolute Gasteiger partial charge is 0.259 e. The molecule has 4 rings (SSSR count). The van der Waals surface area contributed by atoms with Gasteiger partial charge in [-0.2, -0.15) is 0 Å². The van der Waals surface area contributed by atoms with Crippen molar-refractivity contribution in [2.24, 2.45) is 7.05 Å². The van der Waals surface area contributed by atoms with Crippen LogP contribution in [0.4, 0.5) is 0 Å². The van der Waals surface area contributed by atoms with Crippen molar-refractivity contribution < 1.29 is 9.53 Å². The summed E-state index contributed by atoms with van der Waals surface area (Å²) >= 11 is 0. The van der Waals surface area contributed by atoms with Gasteiger partial charge in [0.25, 0.3) is 5.91 Å². The van der Waals surface area contributed by atoms with Gasteiger partial charge in [0.05, 0.1) is 17.1 Å². The monoisotopic (exact) mass is 399 g/mol. The number of benzene rings is 2. The van der Waals surface area contributed by atoms with E-state index in [-0.39, 0.29) is 12.5 Å². The first-order valence-corrected chi connectivity index (χ1v) is 9.90. The SMILES string of the molecule is Cc1ccc(-c2cccc(-c3ccc(OCC(=O)N(C)C)c4ccccc34)n2)n1C. The highest BCUT2D eigenvalue weighted by molar-refractivity contribution is 5.99. The van der Waals surface area contributed by atoms with Crippen LogP contribution in [0.1, 0.15) is 5.69 Å². The molecule has 0 spiro atoms. The fourth-order valence-corrected chi connectivity index (χ4v) is 3.49. The van der Waals surface area contributed by atoms with Gasteiger partial charge in [-0.15, -0.1) is 0 Å². The first kappa shape index (κ1) is 19.7. The van der Waals surface area contributed by atoms with E-state index in [1.807, 2.05) is 48.5 Å². The zero-order valence-electron chi connectivity index (χ0n) is 17.7. The molecule has 2 aromatic carbocycles. The number of aromatic nitrogens is 2. The lowest BCUT2D eigenvalue weighted by Gasteiger charge is -2.15. The molecule has 0 unspecified atom stereocenters. The Labute approximate surface area is 176 Å². The highest BCUT2D eigenvalue weighted by Gasteiger charge is 2.13. The summed E-state index contributed by atoms with van der Waals surface area (Å²) in [5, 5.41) is 2.00. The van der Waals surface area contributed by atoms with Crippen LogP contribution in [0.15, 0.2) is 66.7 Å². The van der Waals surface area contributed by atoms with Gasteiger partial charge in [-0.05, 0) is 48.7 Å². The second-order valence-corrected chi connectivity index (χ2v) is 7.56. The van der Waals surface area contributed by atoms with Crippen LogP contribution in [0.3, 0.4) is 0 Å². The Hall–Kier alpha value is -3.60. The van der Waals surface area contributed by atoms with Gasteiger partial charge in [-0.25, -0.2) is 4.98 Å². The molecule has 0 radical (unpaired) electrons. The summed E-state index contributed by atoms with van der Waals surface area (Å²) in [6.07, 6.45) is 0. The Kier molecular flexibility index (Phi) is 5.27. The predicted octanol–water partition coefficient (Wildman–Crippen LogP) is 4.68. The maximum Gasteiger partial charge on any atom is 0.259 e. The van der Waals surface area contributed by atoms with Gasteiger partial charge in [-0.1, -0.05) is 30.3 Å². The molecule has 0 aliphatic carbocycles. The minimum absolute atomic E-state index is 0.0108. The Morgan fingerprint density at radius 2 is 1.67 bits per heavy atom. The van der Waals surface area contributed by atoms with Crippen molar-refractivity contribution in [3.05, 3.63) is 72.4 Å². The van der Waals surface area contributed by atoms with E-state index in [4.69, 9.17) is 9.72 Å². The Balaban J connectivity index is 1.76. The number of hydrogen-bond donors (Lipinski definition) is 0. The lowest BCUT2D eigenvalue weighted by molar-refractivity contribution is -0.130. The van der Waals surface area contributed by atoms with E-state index in [9.17, 15) is 4.79 Å². The quantitative estimate of drug-likeness (QED) is 0.489. The number of likely N-dealkylation sites (N-methyl/N-ethyl adjacent to an activating group) is 1. The fraction of sp³-hybridized carbons (Fsp3) is 0.200. The van der Waals surface area contributed by atoms with Crippen LogP contribution in [0.5, 0.6) is 5.75 Å². The number of nitrogens with zero attached hydrogens (tertiary/aromatic N) is 3. The average Bonchev–Trinajstić information content (AvgIpc) is 3.10. The number of ether oxygens (including phenoxy) is 1. The molecule has 0 saturated carbocycles. The topological polar surface area (TPSA) is 47.4 Å². The van der Waals surface area contributed by atoms with Gasteiger partial charge in [0.1, 0.15) is 5.75 Å². The summed E-state index contributed by atoms with van der Waals surface area (Å²) < 4.78 is 7.97. The number of rotatable bonds is 5. The number of pyridine rings is 1. The lowest BCUT2D eigenvalue weighted by Crippen LogP contribution is -2.27. The molecule has 2 heterocycles. The molecule has 0 atom stereocenters. The number of carbonyl (C=O) groups excluding carboxylic acids is 1. The average molecular weight is 399 g/mol. The second kappa shape index (κ2) is 8.03. The number of hydrogen-bond acceptors (Lipinski definition) is 3. The molecule has 4 aromatic rings. The summed E-state index contributed by atoms with van der Waals surface area (Å²) in [6, 6.07) is 22.3. The molecule has 2 aromatic heterocycles. The summed E-state index contributed by atoms with van der Waals surface area (Å²) in [7, 11) is 5.50. The van der Waals surface area contributed by atoms with E-state index in [0.717, 1.165) is 33.4 Å². The Morgan fingerprint density at radius 3 is 2.37 bits per heavy atom. The standard InChI is InChI=1S/C25H25N3O2/c1-17-12-14-23(28(17)4)22-11-7-10-21(26-22)19-13-15-24(30-16-25(29)27(2)3)20-9-6-5-8-18(19)20/h5-15H,16H2,1-4H3. The summed E-state index contributed by atoms with van der Waals surface area (Å²) in [5.41, 5.74) is 5.14. The summed E-state index contributed by atoms with van der Waals surface area (Å²) in [5.74, 6) is 0.620. The van der Waals surface area contributed by atoms with Crippen molar-refractivity contribution in [3.63, 3.8) is 0 Å². The number of amides is 1. The van der Waals surface area contributed by atoms with Gasteiger partial charge in [0.2, 0.25) is 0 Å². The lowest BCUT2D eigenvalue weighted by atomic mass is 10.0. The largest absolute Gasteiger partial charge is 0.483 e. The van der Waals surface area contributed by atoms with Gasteiger partial charge in [0.15, 0.2) is 6.61 Å². The Bertz CT molecular complexity index is 1220. The van der Waals surface area contributed by atoms with Crippen molar-refractivity contribution in [2.75, 3.05) is 20.7 Å². The second-order valence-electron chi connectivity index (χ2n) is 7.56. The van der Waals surface area contributed by atoms with Crippen LogP contribution < -0.4 is 4.74 Å². The third-order valence-corrected chi connectivity index (χ3v) is 5.39. The molecule has 5 heteroatoms. The Morgan fingerprint density at radius 1 is 0.933 bits per heavy atom. The molecule has 1 amide bonds. The van der Waals surface area contributed by atoms with Gasteiger partial charge in [0, 0.05) is 37.8 Å². The van der Waals surface area contributed by atoms with Crippen molar-refractivity contribution in [1.82, 2.24) is 14.5 Å². The van der Waals surface area contributed by atoms with E-state index in [1.165, 1.54) is 10.6 Å². The van der Waals surface area contributed by atoms with Gasteiger partial charge in [-0.3, -0.25) is 4.79 Å². The number of fused-ring (bicyclic) bond motifs is 1. The van der Waals surface area contributed by atoms with Crippen LogP contribution in [0.25, 0.3) is 33.4 Å². The van der Waals surface area contributed by atoms with E-state index >= 15 is 0 Å². The molecule has 0 bridgehead atoms. The van der Waals surface area contributed by atoms with Gasteiger partial charge >= 0.3 is 0 Å². The molecule has 0 N–H and O–H groups in total. The van der Waals surface area contributed by atoms with Crippen molar-refractivity contribution in [2.45, 2.75) is 6.92 Å². The van der Waals surface area contributed by atoms with Crippen LogP contribution in [-0.4, -0.2) is 41.1 Å². The summed E-state index contributed by atoms with van der Waals surface area (Å²) in [6.45, 7) is 2.09. The van der Waals surface area contributed by atoms with Crippen molar-refractivity contribution in [3.8, 4) is 28.4 Å². The molecule has 30 heavy (non-hydrogen) atoms. The van der Waals surface area contributed by atoms with E-state index < -0.39 is 0 Å². The van der Waals surface area contributed by atoms with Gasteiger partial charge < -0.3 is 14.2 Å². The molecular formula is C25H25N3O2. The summed E-state index contributed by atoms with van der Waals surface area (Å²) in [4.78, 5) is 18.4. The molecule has 0 fully saturated rings. The zero-order valence-corrected chi connectivity index (χ0v) is 17.7. The first-order valence-electron chi connectivity index (χ1n) is 9.90. The predicted molar refractivity (Wildman–Crippen MR) is 121 cm³/mol. The van der Waals surface area contributed by atoms with E-state index in [1.54, 1.807) is 14.1 Å². The minimum Gasteiger partial charge on any atom is -0.483 e. The third-order valence-electron chi connectivity index (χ3n) is 5.39. The highest BCUT2D eigenvalue weighted by atomic mass is 16.5. The highest BCUT2D eigenvalue weighted by Crippen LogP contribution is 2.34. The molecule has 0 aliphatic rings. The van der Waals surface area contributed by atoms with E-state index in [0.29, 0.717) is 5.75 Å². The van der Waals surface area contributed by atoms with E-state index in [2.05, 4.69) is 36.7 Å². The third kappa shape index (κ3) is 3.66. The number of carbonyl (C=O) groups is 1. The molecule has 0 saturated heterocycles. The van der Waals surface area contributed by atoms with Crippen LogP contribution in [0.2, 0.25) is 0 Å². The van der Waals surface area contributed by atoms with Crippen molar-refractivity contribution >= 4 is 16.7 Å².